The summed E-state index contributed by atoms with van der Waals surface area (Å²) < 4.78 is 5.82. The normalized spacial score (nSPS) is 16.8. The second kappa shape index (κ2) is 7.97. The molecule has 1 saturated heterocycles. The molecule has 1 heterocycles. The summed E-state index contributed by atoms with van der Waals surface area (Å²) in [6, 6.07) is 16.0. The second-order valence-corrected chi connectivity index (χ2v) is 6.24. The average Bonchev–Trinajstić information content (AvgIpc) is 3.09. The van der Waals surface area contributed by atoms with Crippen molar-refractivity contribution in [3.8, 4) is 5.75 Å². The first-order valence-corrected chi connectivity index (χ1v) is 8.52. The number of hydrogen-bond donors (Lipinski definition) is 2. The van der Waals surface area contributed by atoms with Gasteiger partial charge in [0.2, 0.25) is 5.91 Å². The molecule has 1 aliphatic heterocycles. The number of rotatable bonds is 6. The van der Waals surface area contributed by atoms with Crippen molar-refractivity contribution in [3.63, 3.8) is 0 Å². The van der Waals surface area contributed by atoms with Gasteiger partial charge in [-0.15, -0.1) is 0 Å². The summed E-state index contributed by atoms with van der Waals surface area (Å²) in [5, 5.41) is 6.40. The maximum Gasteiger partial charge on any atom is 0.225 e. The van der Waals surface area contributed by atoms with Crippen molar-refractivity contribution in [1.82, 2.24) is 5.32 Å². The summed E-state index contributed by atoms with van der Waals surface area (Å²) in [6.45, 7) is 3.53. The quantitative estimate of drug-likeness (QED) is 0.853. The SMILES string of the molecule is Cc1c(COc2ccccc2)cccc1NC(=O)CC1CCCN1. The van der Waals surface area contributed by atoms with Crippen molar-refractivity contribution in [2.75, 3.05) is 11.9 Å². The van der Waals surface area contributed by atoms with E-state index in [1.165, 1.54) is 0 Å². The molecule has 2 aromatic carbocycles. The highest BCUT2D eigenvalue weighted by Gasteiger charge is 2.18. The van der Waals surface area contributed by atoms with Crippen LogP contribution in [0.1, 0.15) is 30.4 Å². The Morgan fingerprint density at radius 1 is 1.21 bits per heavy atom. The van der Waals surface area contributed by atoms with E-state index >= 15 is 0 Å². The molecule has 4 heteroatoms. The molecule has 0 bridgehead atoms. The number of para-hydroxylation sites is 1. The average molecular weight is 324 g/mol. The molecule has 0 radical (unpaired) electrons. The minimum atomic E-state index is 0.0682. The van der Waals surface area contributed by atoms with Gasteiger partial charge in [-0.3, -0.25) is 4.79 Å². The topological polar surface area (TPSA) is 50.4 Å². The van der Waals surface area contributed by atoms with E-state index < -0.39 is 0 Å². The number of carbonyl (C=O) groups is 1. The number of ether oxygens (including phenoxy) is 1. The molecule has 0 saturated carbocycles. The van der Waals surface area contributed by atoms with Crippen LogP contribution in [0.15, 0.2) is 48.5 Å². The third-order valence-corrected chi connectivity index (χ3v) is 4.45. The van der Waals surface area contributed by atoms with Crippen molar-refractivity contribution in [3.05, 3.63) is 59.7 Å². The summed E-state index contributed by atoms with van der Waals surface area (Å²) >= 11 is 0. The largest absolute Gasteiger partial charge is 0.489 e. The monoisotopic (exact) mass is 324 g/mol. The van der Waals surface area contributed by atoms with Crippen molar-refractivity contribution in [2.24, 2.45) is 0 Å². The first-order chi connectivity index (χ1) is 11.7. The second-order valence-electron chi connectivity index (χ2n) is 6.24. The molecule has 0 aromatic heterocycles. The molecular weight excluding hydrogens is 300 g/mol. The van der Waals surface area contributed by atoms with Crippen LogP contribution in [0.4, 0.5) is 5.69 Å². The van der Waals surface area contributed by atoms with Crippen LogP contribution in [0.2, 0.25) is 0 Å². The van der Waals surface area contributed by atoms with Crippen LogP contribution in [-0.2, 0) is 11.4 Å². The molecule has 4 nitrogen and oxygen atoms in total. The Bertz CT molecular complexity index is 679. The number of hydrogen-bond acceptors (Lipinski definition) is 3. The molecule has 24 heavy (non-hydrogen) atoms. The minimum absolute atomic E-state index is 0.0682. The van der Waals surface area contributed by atoms with E-state index in [9.17, 15) is 4.79 Å². The Morgan fingerprint density at radius 3 is 2.79 bits per heavy atom. The van der Waals surface area contributed by atoms with E-state index in [-0.39, 0.29) is 5.91 Å². The van der Waals surface area contributed by atoms with Gasteiger partial charge in [0, 0.05) is 18.2 Å². The van der Waals surface area contributed by atoms with Gasteiger partial charge in [0.15, 0.2) is 0 Å². The fraction of sp³-hybridized carbons (Fsp3) is 0.350. The molecule has 2 N–H and O–H groups in total. The lowest BCUT2D eigenvalue weighted by Gasteiger charge is -2.15. The smallest absolute Gasteiger partial charge is 0.225 e. The summed E-state index contributed by atoms with van der Waals surface area (Å²) in [5.74, 6) is 0.914. The highest BCUT2D eigenvalue weighted by atomic mass is 16.5. The van der Waals surface area contributed by atoms with Crippen molar-refractivity contribution in [2.45, 2.75) is 38.8 Å². The summed E-state index contributed by atoms with van der Waals surface area (Å²) in [6.07, 6.45) is 2.77. The van der Waals surface area contributed by atoms with Gasteiger partial charge < -0.3 is 15.4 Å². The van der Waals surface area contributed by atoms with E-state index in [0.717, 1.165) is 42.0 Å². The van der Waals surface area contributed by atoms with Crippen LogP contribution < -0.4 is 15.4 Å². The Morgan fingerprint density at radius 2 is 2.04 bits per heavy atom. The molecule has 0 spiro atoms. The summed E-state index contributed by atoms with van der Waals surface area (Å²) in [4.78, 5) is 12.2. The number of nitrogens with one attached hydrogen (secondary N) is 2. The molecule has 2 aromatic rings. The Labute approximate surface area is 143 Å². The van der Waals surface area contributed by atoms with Gasteiger partial charge in [0.05, 0.1) is 0 Å². The first-order valence-electron chi connectivity index (χ1n) is 8.52. The maximum atomic E-state index is 12.2. The Balaban J connectivity index is 1.61. The predicted octanol–water partition coefficient (Wildman–Crippen LogP) is 3.65. The highest BCUT2D eigenvalue weighted by Crippen LogP contribution is 2.21. The molecule has 1 aliphatic rings. The van der Waals surface area contributed by atoms with Crippen molar-refractivity contribution >= 4 is 11.6 Å². The standard InChI is InChI=1S/C20H24N2O2/c1-15-16(14-24-18-9-3-2-4-10-18)7-5-11-19(15)22-20(23)13-17-8-6-12-21-17/h2-5,7,9-11,17,21H,6,8,12-14H2,1H3,(H,22,23). The molecule has 1 amide bonds. The van der Waals surface area contributed by atoms with Crippen LogP contribution in [-0.4, -0.2) is 18.5 Å². The lowest BCUT2D eigenvalue weighted by molar-refractivity contribution is -0.116. The third kappa shape index (κ3) is 4.36. The molecule has 1 unspecified atom stereocenters. The van der Waals surface area contributed by atoms with Crippen LogP contribution in [0, 0.1) is 6.92 Å². The Kier molecular flexibility index (Phi) is 5.49. The van der Waals surface area contributed by atoms with Gasteiger partial charge in [-0.1, -0.05) is 30.3 Å². The van der Waals surface area contributed by atoms with Gasteiger partial charge in [-0.05, 0) is 55.6 Å². The Hall–Kier alpha value is -2.33. The number of carbonyl (C=O) groups excluding carboxylic acids is 1. The lowest BCUT2D eigenvalue weighted by atomic mass is 10.1. The number of amides is 1. The molecule has 1 fully saturated rings. The van der Waals surface area contributed by atoms with Crippen LogP contribution in [0.3, 0.4) is 0 Å². The van der Waals surface area contributed by atoms with E-state index in [1.54, 1.807) is 0 Å². The van der Waals surface area contributed by atoms with Gasteiger partial charge in [-0.2, -0.15) is 0 Å². The first kappa shape index (κ1) is 16.5. The van der Waals surface area contributed by atoms with Gasteiger partial charge >= 0.3 is 0 Å². The van der Waals surface area contributed by atoms with Crippen molar-refractivity contribution < 1.29 is 9.53 Å². The number of benzene rings is 2. The van der Waals surface area contributed by atoms with E-state index in [1.807, 2.05) is 55.5 Å². The summed E-state index contributed by atoms with van der Waals surface area (Å²) in [7, 11) is 0. The number of anilines is 1. The molecule has 3 rings (SSSR count). The zero-order valence-corrected chi connectivity index (χ0v) is 14.0. The minimum Gasteiger partial charge on any atom is -0.489 e. The van der Waals surface area contributed by atoms with E-state index in [4.69, 9.17) is 4.74 Å². The predicted molar refractivity (Wildman–Crippen MR) is 96.2 cm³/mol. The zero-order chi connectivity index (χ0) is 16.8. The molecule has 126 valence electrons. The van der Waals surface area contributed by atoms with E-state index in [2.05, 4.69) is 10.6 Å². The van der Waals surface area contributed by atoms with Gasteiger partial charge in [0.1, 0.15) is 12.4 Å². The van der Waals surface area contributed by atoms with Crippen LogP contribution in [0.25, 0.3) is 0 Å². The molecule has 0 aliphatic carbocycles. The zero-order valence-electron chi connectivity index (χ0n) is 14.0. The van der Waals surface area contributed by atoms with Gasteiger partial charge in [-0.25, -0.2) is 0 Å². The molecule has 1 atom stereocenters. The van der Waals surface area contributed by atoms with Crippen molar-refractivity contribution in [1.29, 1.82) is 0 Å². The fourth-order valence-corrected chi connectivity index (χ4v) is 3.01. The van der Waals surface area contributed by atoms with Crippen LogP contribution >= 0.6 is 0 Å². The van der Waals surface area contributed by atoms with Gasteiger partial charge in [0.25, 0.3) is 0 Å². The maximum absolute atomic E-state index is 12.2. The third-order valence-electron chi connectivity index (χ3n) is 4.45. The summed E-state index contributed by atoms with van der Waals surface area (Å²) in [5.41, 5.74) is 3.00. The fourth-order valence-electron chi connectivity index (χ4n) is 3.01. The molecular formula is C20H24N2O2. The van der Waals surface area contributed by atoms with E-state index in [0.29, 0.717) is 19.1 Å². The highest BCUT2D eigenvalue weighted by molar-refractivity contribution is 5.92. The lowest BCUT2D eigenvalue weighted by Crippen LogP contribution is -2.27. The van der Waals surface area contributed by atoms with Crippen LogP contribution in [0.5, 0.6) is 5.75 Å².